The maximum atomic E-state index is 13.7. The predicted octanol–water partition coefficient (Wildman–Crippen LogP) is 7.01. The second kappa shape index (κ2) is 9.52. The molecule has 41 heavy (non-hydrogen) atoms. The molecule has 2 aromatic carbocycles. The van der Waals surface area contributed by atoms with Crippen molar-refractivity contribution in [2.45, 2.75) is 71.6 Å². The fourth-order valence-corrected chi connectivity index (χ4v) is 9.04. The Hall–Kier alpha value is -3.51. The first-order valence-corrected chi connectivity index (χ1v) is 15.3. The summed E-state index contributed by atoms with van der Waals surface area (Å²) in [5.74, 6) is 1.89. The lowest BCUT2D eigenvalue weighted by atomic mass is 9.48. The maximum Gasteiger partial charge on any atom is 0.270 e. The van der Waals surface area contributed by atoms with E-state index < -0.39 is 11.8 Å². The third-order valence-electron chi connectivity index (χ3n) is 10.5. The molecule has 0 atom stereocenters. The lowest BCUT2D eigenvalue weighted by Gasteiger charge is -2.57. The number of benzene rings is 2. The van der Waals surface area contributed by atoms with E-state index in [0.29, 0.717) is 11.1 Å². The van der Waals surface area contributed by atoms with E-state index in [1.807, 2.05) is 45.0 Å². The van der Waals surface area contributed by atoms with Crippen LogP contribution in [0.25, 0.3) is 11.8 Å². The Morgan fingerprint density at radius 2 is 1.54 bits per heavy atom. The molecule has 2 amide bonds. The monoisotopic (exact) mass is 563 g/mol. The van der Waals surface area contributed by atoms with Gasteiger partial charge in [-0.05, 0) is 154 Å². The molecule has 0 spiro atoms. The summed E-state index contributed by atoms with van der Waals surface area (Å²) in [6, 6.07) is 17.0. The molecule has 4 saturated carbocycles. The van der Waals surface area contributed by atoms with Crippen LogP contribution in [0.5, 0.6) is 0 Å². The number of thiocarbonyl (C=S) groups is 1. The molecular formula is C35H37N3O2S. The fourth-order valence-electron chi connectivity index (χ4n) is 8.77. The number of nitrogens with zero attached hydrogens (tertiary/aromatic N) is 2. The molecule has 4 bridgehead atoms. The fraction of sp³-hybridized carbons (Fsp3) is 0.400. The molecule has 5 fully saturated rings. The van der Waals surface area contributed by atoms with Gasteiger partial charge >= 0.3 is 0 Å². The van der Waals surface area contributed by atoms with Crippen molar-refractivity contribution in [3.8, 4) is 5.69 Å². The van der Waals surface area contributed by atoms with Crippen LogP contribution >= 0.6 is 12.2 Å². The lowest BCUT2D eigenvalue weighted by molar-refractivity contribution is -0.122. The lowest BCUT2D eigenvalue weighted by Crippen LogP contribution is -2.54. The van der Waals surface area contributed by atoms with Crippen LogP contribution in [0.15, 0.2) is 54.1 Å². The number of hydrogen-bond donors (Lipinski definition) is 1. The number of carbonyl (C=O) groups excluding carboxylic acids is 2. The Bertz CT molecular complexity index is 1610. The Kier molecular flexibility index (Phi) is 6.13. The zero-order valence-corrected chi connectivity index (χ0v) is 25.1. The molecular weight excluding hydrogens is 526 g/mol. The van der Waals surface area contributed by atoms with E-state index in [9.17, 15) is 9.59 Å². The smallest absolute Gasteiger partial charge is 0.270 e. The second-order valence-corrected chi connectivity index (χ2v) is 13.5. The molecule has 0 radical (unpaired) electrons. The Balaban J connectivity index is 1.20. The number of hydrogen-bond acceptors (Lipinski definition) is 3. The number of rotatable bonds is 4. The quantitative estimate of drug-likeness (QED) is 0.211. The molecule has 6 heteroatoms. The predicted molar refractivity (Wildman–Crippen MR) is 167 cm³/mol. The van der Waals surface area contributed by atoms with Gasteiger partial charge in [0.05, 0.1) is 5.69 Å². The van der Waals surface area contributed by atoms with Gasteiger partial charge in [-0.25, -0.2) is 0 Å². The van der Waals surface area contributed by atoms with Gasteiger partial charge in [0.25, 0.3) is 11.8 Å². The first-order valence-electron chi connectivity index (χ1n) is 14.9. The van der Waals surface area contributed by atoms with Crippen LogP contribution in [0.3, 0.4) is 0 Å². The highest BCUT2D eigenvalue weighted by atomic mass is 32.1. The summed E-state index contributed by atoms with van der Waals surface area (Å²) in [6.07, 6.45) is 10.1. The summed E-state index contributed by atoms with van der Waals surface area (Å²) in [5.41, 5.74) is 8.67. The van der Waals surface area contributed by atoms with Crippen molar-refractivity contribution in [2.24, 2.45) is 17.8 Å². The van der Waals surface area contributed by atoms with Crippen LogP contribution in [0.1, 0.15) is 72.2 Å². The third-order valence-corrected chi connectivity index (χ3v) is 10.7. The van der Waals surface area contributed by atoms with Crippen LogP contribution in [-0.2, 0) is 15.0 Å². The zero-order valence-electron chi connectivity index (χ0n) is 24.3. The van der Waals surface area contributed by atoms with Crippen LogP contribution in [0, 0.1) is 45.4 Å². The van der Waals surface area contributed by atoms with E-state index in [-0.39, 0.29) is 10.7 Å². The standard InChI is InChI=1S/C35H37N3O2S/c1-20-6-5-7-31(22(20)3)38-33(40)30(32(39)36-34(38)41)16-27-12-21(2)37(23(27)4)29-10-8-28(9-11-29)35-17-24-13-25(18-35)15-26(14-24)19-35/h5-12,16,24-26H,13-15,17-19H2,1-4H3,(H,36,39,41)/b30-16+. The highest BCUT2D eigenvalue weighted by Gasteiger charge is 2.51. The molecule has 210 valence electrons. The van der Waals surface area contributed by atoms with Crippen molar-refractivity contribution in [1.29, 1.82) is 0 Å². The highest BCUT2D eigenvalue weighted by molar-refractivity contribution is 7.80. The average molecular weight is 564 g/mol. The summed E-state index contributed by atoms with van der Waals surface area (Å²) < 4.78 is 2.22. The van der Waals surface area contributed by atoms with Crippen LogP contribution < -0.4 is 10.2 Å². The minimum atomic E-state index is -0.466. The molecule has 5 nitrogen and oxygen atoms in total. The van der Waals surface area contributed by atoms with Crippen molar-refractivity contribution in [3.05, 3.63) is 87.7 Å². The van der Waals surface area contributed by atoms with Gasteiger partial charge in [0, 0.05) is 17.1 Å². The second-order valence-electron chi connectivity index (χ2n) is 13.1. The molecule has 1 N–H and O–H groups in total. The highest BCUT2D eigenvalue weighted by Crippen LogP contribution is 2.60. The van der Waals surface area contributed by atoms with Crippen molar-refractivity contribution in [3.63, 3.8) is 0 Å². The van der Waals surface area contributed by atoms with Crippen LogP contribution in [-0.4, -0.2) is 21.5 Å². The molecule has 8 rings (SSSR count). The summed E-state index contributed by atoms with van der Waals surface area (Å²) in [4.78, 5) is 28.1. The topological polar surface area (TPSA) is 54.3 Å². The Morgan fingerprint density at radius 3 is 2.17 bits per heavy atom. The number of amides is 2. The van der Waals surface area contributed by atoms with Crippen LogP contribution in [0.2, 0.25) is 0 Å². The molecule has 5 aliphatic rings. The van der Waals surface area contributed by atoms with E-state index in [0.717, 1.165) is 51.5 Å². The number of carbonyl (C=O) groups is 2. The number of anilines is 1. The van der Waals surface area contributed by atoms with Crippen molar-refractivity contribution < 1.29 is 9.59 Å². The average Bonchev–Trinajstić information content (AvgIpc) is 3.20. The molecule has 1 aliphatic heterocycles. The largest absolute Gasteiger partial charge is 0.318 e. The number of nitrogens with one attached hydrogen (secondary N) is 1. The molecule has 1 saturated heterocycles. The maximum absolute atomic E-state index is 13.7. The van der Waals surface area contributed by atoms with E-state index in [1.54, 1.807) is 6.08 Å². The van der Waals surface area contributed by atoms with Gasteiger partial charge in [-0.3, -0.25) is 19.8 Å². The van der Waals surface area contributed by atoms with Crippen LogP contribution in [0.4, 0.5) is 5.69 Å². The van der Waals surface area contributed by atoms with E-state index in [1.165, 1.54) is 49.0 Å². The zero-order chi connectivity index (χ0) is 28.6. The van der Waals surface area contributed by atoms with Crippen molar-refractivity contribution in [2.75, 3.05) is 4.90 Å². The molecule has 3 aromatic rings. The SMILES string of the molecule is Cc1cccc(N2C(=O)/C(=C/c3cc(C)n(-c4ccc(C56CC7CC(CC(C7)C5)C6)cc4)c3C)C(=O)NC2=S)c1C. The molecule has 0 unspecified atom stereocenters. The van der Waals surface area contributed by atoms with Gasteiger partial charge in [-0.15, -0.1) is 0 Å². The van der Waals surface area contributed by atoms with Crippen molar-refractivity contribution >= 4 is 40.9 Å². The normalized spacial score (nSPS) is 28.1. The Labute approximate surface area is 247 Å². The van der Waals surface area contributed by atoms with Crippen molar-refractivity contribution in [1.82, 2.24) is 9.88 Å². The summed E-state index contributed by atoms with van der Waals surface area (Å²) >= 11 is 5.43. The summed E-state index contributed by atoms with van der Waals surface area (Å²) in [5, 5.41) is 2.84. The van der Waals surface area contributed by atoms with Gasteiger partial charge in [-0.1, -0.05) is 24.3 Å². The molecule has 4 aliphatic carbocycles. The van der Waals surface area contributed by atoms with Gasteiger partial charge in [-0.2, -0.15) is 0 Å². The first-order chi connectivity index (χ1) is 19.6. The van der Waals surface area contributed by atoms with Gasteiger partial charge in [0.2, 0.25) is 0 Å². The van der Waals surface area contributed by atoms with Gasteiger partial charge < -0.3 is 4.57 Å². The first kappa shape index (κ1) is 26.4. The number of aryl methyl sites for hydroxylation is 2. The Morgan fingerprint density at radius 1 is 0.902 bits per heavy atom. The van der Waals surface area contributed by atoms with E-state index in [4.69, 9.17) is 12.2 Å². The summed E-state index contributed by atoms with van der Waals surface area (Å²) in [7, 11) is 0. The van der Waals surface area contributed by atoms with Gasteiger partial charge in [0.1, 0.15) is 5.57 Å². The number of aromatic nitrogens is 1. The minimum Gasteiger partial charge on any atom is -0.318 e. The van der Waals surface area contributed by atoms with E-state index in [2.05, 4.69) is 41.1 Å². The van der Waals surface area contributed by atoms with E-state index >= 15 is 0 Å². The molecule has 2 heterocycles. The summed E-state index contributed by atoms with van der Waals surface area (Å²) in [6.45, 7) is 8.08. The molecule has 1 aromatic heterocycles. The minimum absolute atomic E-state index is 0.0805. The third kappa shape index (κ3) is 4.21. The van der Waals surface area contributed by atoms with Gasteiger partial charge in [0.15, 0.2) is 5.11 Å².